The molecule has 0 heterocycles. The van der Waals surface area contributed by atoms with E-state index in [0.29, 0.717) is 12.6 Å². The largest absolute Gasteiger partial charge is 0.506 e. The Labute approximate surface area is 175 Å². The van der Waals surface area contributed by atoms with Crippen LogP contribution < -0.4 is 0 Å². The molecule has 0 amide bonds. The van der Waals surface area contributed by atoms with Gasteiger partial charge in [-0.25, -0.2) is 0 Å². The first kappa shape index (κ1) is 19.3. The molecule has 0 aliphatic rings. The highest BCUT2D eigenvalue weighted by molar-refractivity contribution is 5.89. The SMILES string of the molecule is O=Cc1cc(C(c2ccccc2)(c2ccccc2)c2ccccc2)cc(C=O)c1O. The van der Waals surface area contributed by atoms with Crippen LogP contribution in [0.25, 0.3) is 0 Å². The maximum atomic E-state index is 11.7. The second kappa shape index (κ2) is 8.18. The monoisotopic (exact) mass is 392 g/mol. The van der Waals surface area contributed by atoms with Crippen LogP contribution in [-0.2, 0) is 5.41 Å². The fourth-order valence-corrected chi connectivity index (χ4v) is 4.14. The molecule has 0 aliphatic carbocycles. The highest BCUT2D eigenvalue weighted by atomic mass is 16.3. The predicted molar refractivity (Wildman–Crippen MR) is 117 cm³/mol. The first-order valence-corrected chi connectivity index (χ1v) is 9.66. The molecule has 0 spiro atoms. The minimum absolute atomic E-state index is 0.0850. The van der Waals surface area contributed by atoms with Crippen LogP contribution in [0.3, 0.4) is 0 Å². The number of phenolic OH excluding ortho intramolecular Hbond substituents is 1. The van der Waals surface area contributed by atoms with Crippen molar-refractivity contribution in [2.75, 3.05) is 0 Å². The molecular weight excluding hydrogens is 372 g/mol. The summed E-state index contributed by atoms with van der Waals surface area (Å²) in [6.07, 6.45) is 1.16. The lowest BCUT2D eigenvalue weighted by Gasteiger charge is -2.37. The van der Waals surface area contributed by atoms with Gasteiger partial charge in [-0.2, -0.15) is 0 Å². The Morgan fingerprint density at radius 1 is 0.533 bits per heavy atom. The summed E-state index contributed by atoms with van der Waals surface area (Å²) in [5.74, 6) is -0.299. The average molecular weight is 392 g/mol. The van der Waals surface area contributed by atoms with Crippen LogP contribution in [0.15, 0.2) is 103 Å². The van der Waals surface area contributed by atoms with Crippen molar-refractivity contribution in [3.8, 4) is 5.75 Å². The Balaban J connectivity index is 2.19. The third-order valence-electron chi connectivity index (χ3n) is 5.48. The predicted octanol–water partition coefficient (Wildman–Crippen LogP) is 5.40. The van der Waals surface area contributed by atoms with Crippen LogP contribution >= 0.6 is 0 Å². The zero-order chi connectivity index (χ0) is 21.0. The summed E-state index contributed by atoms with van der Waals surface area (Å²) in [5, 5.41) is 10.3. The molecular formula is C27H20O3. The standard InChI is InChI=1S/C27H20O3/c28-18-20-16-25(17-21(19-29)26(20)30)27(22-10-4-1-5-11-22,23-12-6-2-7-13-23)24-14-8-3-9-15-24/h1-19,30H. The van der Waals surface area contributed by atoms with Crippen LogP contribution in [-0.4, -0.2) is 17.7 Å². The van der Waals surface area contributed by atoms with E-state index in [9.17, 15) is 14.7 Å². The molecule has 4 rings (SSSR count). The Morgan fingerprint density at radius 2 is 0.867 bits per heavy atom. The van der Waals surface area contributed by atoms with Gasteiger partial charge < -0.3 is 5.11 Å². The second-order valence-corrected chi connectivity index (χ2v) is 7.09. The van der Waals surface area contributed by atoms with Crippen molar-refractivity contribution in [1.29, 1.82) is 0 Å². The van der Waals surface area contributed by atoms with E-state index in [1.54, 1.807) is 12.1 Å². The number of rotatable bonds is 6. The van der Waals surface area contributed by atoms with Gasteiger partial charge in [-0.1, -0.05) is 91.0 Å². The number of aromatic hydroxyl groups is 1. The topological polar surface area (TPSA) is 54.4 Å². The highest BCUT2D eigenvalue weighted by Crippen LogP contribution is 2.46. The van der Waals surface area contributed by atoms with Crippen LogP contribution in [0.5, 0.6) is 5.75 Å². The maximum absolute atomic E-state index is 11.7. The van der Waals surface area contributed by atoms with Gasteiger partial charge >= 0.3 is 0 Å². The molecule has 0 bridgehead atoms. The fourth-order valence-electron chi connectivity index (χ4n) is 4.14. The average Bonchev–Trinajstić information content (AvgIpc) is 2.82. The molecule has 1 N–H and O–H groups in total. The first-order valence-electron chi connectivity index (χ1n) is 9.66. The molecule has 0 saturated heterocycles. The number of phenols is 1. The summed E-state index contributed by atoms with van der Waals surface area (Å²) < 4.78 is 0. The molecule has 0 saturated carbocycles. The van der Waals surface area contributed by atoms with Crippen molar-refractivity contribution < 1.29 is 14.7 Å². The minimum atomic E-state index is -0.785. The smallest absolute Gasteiger partial charge is 0.153 e. The summed E-state index contributed by atoms with van der Waals surface area (Å²) >= 11 is 0. The van der Waals surface area contributed by atoms with E-state index < -0.39 is 5.41 Å². The van der Waals surface area contributed by atoms with E-state index in [-0.39, 0.29) is 16.9 Å². The summed E-state index contributed by atoms with van der Waals surface area (Å²) in [6, 6.07) is 33.2. The van der Waals surface area contributed by atoms with Crippen molar-refractivity contribution in [2.45, 2.75) is 5.41 Å². The molecule has 0 aromatic heterocycles. The van der Waals surface area contributed by atoms with E-state index in [4.69, 9.17) is 0 Å². The molecule has 0 atom stereocenters. The van der Waals surface area contributed by atoms with E-state index >= 15 is 0 Å². The molecule has 146 valence electrons. The van der Waals surface area contributed by atoms with Crippen LogP contribution in [0, 0.1) is 0 Å². The van der Waals surface area contributed by atoms with Crippen LogP contribution in [0.2, 0.25) is 0 Å². The van der Waals surface area contributed by atoms with Gasteiger partial charge in [0.1, 0.15) is 5.75 Å². The number of hydrogen-bond donors (Lipinski definition) is 1. The number of hydrogen-bond acceptors (Lipinski definition) is 3. The Morgan fingerprint density at radius 3 is 1.17 bits per heavy atom. The minimum Gasteiger partial charge on any atom is -0.506 e. The van der Waals surface area contributed by atoms with Crippen molar-refractivity contribution >= 4 is 12.6 Å². The van der Waals surface area contributed by atoms with E-state index in [1.165, 1.54) is 0 Å². The third kappa shape index (κ3) is 3.11. The first-order chi connectivity index (χ1) is 14.7. The lowest BCUT2D eigenvalue weighted by molar-refractivity contribution is 0.112. The van der Waals surface area contributed by atoms with Gasteiger partial charge in [0, 0.05) is 0 Å². The van der Waals surface area contributed by atoms with Gasteiger partial charge in [-0.3, -0.25) is 9.59 Å². The highest BCUT2D eigenvalue weighted by Gasteiger charge is 2.39. The van der Waals surface area contributed by atoms with E-state index in [2.05, 4.69) is 0 Å². The molecule has 4 aromatic rings. The van der Waals surface area contributed by atoms with Gasteiger partial charge in [0.25, 0.3) is 0 Å². The Hall–Kier alpha value is -3.98. The summed E-state index contributed by atoms with van der Waals surface area (Å²) in [7, 11) is 0. The van der Waals surface area contributed by atoms with Crippen molar-refractivity contribution in [1.82, 2.24) is 0 Å². The van der Waals surface area contributed by atoms with Crippen LogP contribution in [0.1, 0.15) is 43.0 Å². The number of aldehydes is 2. The summed E-state index contributed by atoms with van der Waals surface area (Å²) in [6.45, 7) is 0. The van der Waals surface area contributed by atoms with Crippen LogP contribution in [0.4, 0.5) is 0 Å². The molecule has 4 aromatic carbocycles. The molecule has 3 heteroatoms. The Bertz CT molecular complexity index is 1040. The van der Waals surface area contributed by atoms with Gasteiger partial charge in [0.2, 0.25) is 0 Å². The molecule has 0 fully saturated rings. The lowest BCUT2D eigenvalue weighted by Crippen LogP contribution is -2.31. The van der Waals surface area contributed by atoms with Gasteiger partial charge in [-0.05, 0) is 34.4 Å². The van der Waals surface area contributed by atoms with Gasteiger partial charge in [0.05, 0.1) is 16.5 Å². The maximum Gasteiger partial charge on any atom is 0.153 e. The zero-order valence-electron chi connectivity index (χ0n) is 16.2. The van der Waals surface area contributed by atoms with E-state index in [0.717, 1.165) is 22.3 Å². The molecule has 0 aliphatic heterocycles. The lowest BCUT2D eigenvalue weighted by atomic mass is 9.64. The number of benzene rings is 4. The zero-order valence-corrected chi connectivity index (χ0v) is 16.2. The Kier molecular flexibility index (Phi) is 5.27. The molecule has 0 radical (unpaired) electrons. The number of carbonyl (C=O) groups excluding carboxylic acids is 2. The number of carbonyl (C=O) groups is 2. The van der Waals surface area contributed by atoms with Gasteiger partial charge in [-0.15, -0.1) is 0 Å². The van der Waals surface area contributed by atoms with Crippen molar-refractivity contribution in [2.24, 2.45) is 0 Å². The van der Waals surface area contributed by atoms with E-state index in [1.807, 2.05) is 91.0 Å². The second-order valence-electron chi connectivity index (χ2n) is 7.09. The quantitative estimate of drug-likeness (QED) is 0.353. The third-order valence-corrected chi connectivity index (χ3v) is 5.48. The van der Waals surface area contributed by atoms with Crippen molar-refractivity contribution in [3.05, 3.63) is 137 Å². The molecule has 3 nitrogen and oxygen atoms in total. The fraction of sp³-hybridized carbons (Fsp3) is 0.0370. The molecule has 0 unspecified atom stereocenters. The normalized spacial score (nSPS) is 11.1. The van der Waals surface area contributed by atoms with Crippen molar-refractivity contribution in [3.63, 3.8) is 0 Å². The summed E-state index contributed by atoms with van der Waals surface area (Å²) in [4.78, 5) is 23.4. The molecule has 30 heavy (non-hydrogen) atoms. The summed E-state index contributed by atoms with van der Waals surface area (Å²) in [5.41, 5.74) is 3.08. The van der Waals surface area contributed by atoms with Gasteiger partial charge in [0.15, 0.2) is 12.6 Å².